The summed E-state index contributed by atoms with van der Waals surface area (Å²) in [7, 11) is 5.11. The van der Waals surface area contributed by atoms with Gasteiger partial charge in [-0.3, -0.25) is 4.79 Å². The van der Waals surface area contributed by atoms with Gasteiger partial charge in [-0.15, -0.1) is 24.0 Å². The number of aryl methyl sites for hydroxylation is 1. The van der Waals surface area contributed by atoms with E-state index in [0.29, 0.717) is 31.5 Å². The second-order valence-corrected chi connectivity index (χ2v) is 7.76. The Bertz CT molecular complexity index is 704. The van der Waals surface area contributed by atoms with Crippen LogP contribution in [0.2, 0.25) is 0 Å². The van der Waals surface area contributed by atoms with E-state index in [9.17, 15) is 4.79 Å². The molecule has 2 atom stereocenters. The molecule has 30 heavy (non-hydrogen) atoms. The van der Waals surface area contributed by atoms with Crippen LogP contribution in [0.1, 0.15) is 37.3 Å². The summed E-state index contributed by atoms with van der Waals surface area (Å²) < 4.78 is 12.9. The van der Waals surface area contributed by atoms with Gasteiger partial charge in [-0.1, -0.05) is 0 Å². The first-order valence-corrected chi connectivity index (χ1v) is 10.3. The molecule has 2 aliphatic heterocycles. The van der Waals surface area contributed by atoms with Gasteiger partial charge < -0.3 is 25.0 Å². The predicted molar refractivity (Wildman–Crippen MR) is 124 cm³/mol. The van der Waals surface area contributed by atoms with Crippen molar-refractivity contribution in [1.82, 2.24) is 30.3 Å². The van der Waals surface area contributed by atoms with Gasteiger partial charge in [0.15, 0.2) is 11.8 Å². The Kier molecular flexibility index (Phi) is 10.2. The molecule has 1 amide bonds. The summed E-state index contributed by atoms with van der Waals surface area (Å²) in [5, 5.41) is 11.3. The molecular weight excluding hydrogens is 501 g/mol. The number of aliphatic imine (C=N–C) groups is 1. The van der Waals surface area contributed by atoms with Crippen LogP contribution in [0.5, 0.6) is 0 Å². The van der Waals surface area contributed by atoms with Crippen molar-refractivity contribution < 1.29 is 14.3 Å². The Morgan fingerprint density at radius 2 is 2.20 bits per heavy atom. The maximum absolute atomic E-state index is 12.0. The topological polar surface area (TPSA) is 106 Å². The molecule has 2 aliphatic rings. The first-order chi connectivity index (χ1) is 14.0. The Hall–Kier alpha value is -1.47. The zero-order chi connectivity index (χ0) is 20.6. The third-order valence-corrected chi connectivity index (χ3v) is 5.16. The lowest BCUT2D eigenvalue weighted by Crippen LogP contribution is -2.49. The number of fused-ring (bicyclic) bond motifs is 1. The lowest BCUT2D eigenvalue weighted by Gasteiger charge is -2.27. The van der Waals surface area contributed by atoms with Gasteiger partial charge in [-0.05, 0) is 25.7 Å². The number of amides is 1. The number of likely N-dealkylation sites (N-methyl/N-ethyl adjacent to an activating group) is 1. The third-order valence-electron chi connectivity index (χ3n) is 5.16. The molecule has 0 spiro atoms. The first kappa shape index (κ1) is 24.8. The van der Waals surface area contributed by atoms with Crippen LogP contribution in [0.3, 0.4) is 0 Å². The molecule has 2 N–H and O–H groups in total. The second kappa shape index (κ2) is 12.4. The second-order valence-electron chi connectivity index (χ2n) is 7.76. The molecule has 3 heterocycles. The standard InChI is InChI=1S/C19H33N7O3.HI/c1-25(2)18(27)11-21-19(20-10-15-6-4-5-9-29-15)22-14-7-8-17-23-16(13-28-3)24-26(17)12-14;/h14-15H,4-13H2,1-3H3,(H2,20,21,22);1H. The van der Waals surface area contributed by atoms with Crippen LogP contribution in [0, 0.1) is 0 Å². The first-order valence-electron chi connectivity index (χ1n) is 10.3. The monoisotopic (exact) mass is 535 g/mol. The molecule has 2 unspecified atom stereocenters. The Labute approximate surface area is 195 Å². The van der Waals surface area contributed by atoms with E-state index in [1.807, 2.05) is 4.68 Å². The molecule has 1 saturated heterocycles. The van der Waals surface area contributed by atoms with Gasteiger partial charge in [0, 0.05) is 46.8 Å². The minimum absolute atomic E-state index is 0. The highest BCUT2D eigenvalue weighted by Crippen LogP contribution is 2.14. The lowest BCUT2D eigenvalue weighted by molar-refractivity contribution is -0.127. The van der Waals surface area contributed by atoms with Crippen LogP contribution in [-0.4, -0.2) is 84.6 Å². The molecule has 11 heteroatoms. The number of guanidine groups is 1. The fourth-order valence-corrected chi connectivity index (χ4v) is 3.48. The number of carbonyl (C=O) groups is 1. The highest BCUT2D eigenvalue weighted by molar-refractivity contribution is 14.0. The number of hydrogen-bond donors (Lipinski definition) is 2. The number of nitrogens with one attached hydrogen (secondary N) is 2. The summed E-state index contributed by atoms with van der Waals surface area (Å²) in [5.74, 6) is 2.30. The van der Waals surface area contributed by atoms with E-state index in [2.05, 4.69) is 25.7 Å². The van der Waals surface area contributed by atoms with Crippen LogP contribution in [-0.2, 0) is 33.8 Å². The maximum Gasteiger partial charge on any atom is 0.243 e. The van der Waals surface area contributed by atoms with Gasteiger partial charge in [0.05, 0.1) is 12.6 Å². The van der Waals surface area contributed by atoms with E-state index in [4.69, 9.17) is 9.47 Å². The zero-order valence-corrected chi connectivity index (χ0v) is 20.4. The number of carbonyl (C=O) groups excluding carboxylic acids is 1. The van der Waals surface area contributed by atoms with E-state index in [1.54, 1.807) is 26.1 Å². The number of rotatable bonds is 7. The SMILES string of the molecule is COCc1nc2n(n1)CC(NC(=NCC(=O)N(C)C)NCC1CCCCO1)CC2.I. The van der Waals surface area contributed by atoms with Crippen molar-refractivity contribution in [3.8, 4) is 0 Å². The van der Waals surface area contributed by atoms with Crippen molar-refractivity contribution >= 4 is 35.8 Å². The number of halogens is 1. The van der Waals surface area contributed by atoms with E-state index in [1.165, 1.54) is 6.42 Å². The number of methoxy groups -OCH3 is 1. The summed E-state index contributed by atoms with van der Waals surface area (Å²) in [6.07, 6.45) is 5.31. The molecule has 0 radical (unpaired) electrons. The lowest BCUT2D eigenvalue weighted by atomic mass is 10.1. The normalized spacial score (nSPS) is 21.4. The van der Waals surface area contributed by atoms with Crippen LogP contribution in [0.4, 0.5) is 0 Å². The van der Waals surface area contributed by atoms with Gasteiger partial charge in [0.2, 0.25) is 5.91 Å². The summed E-state index contributed by atoms with van der Waals surface area (Å²) in [6.45, 7) is 2.72. The predicted octanol–water partition coefficient (Wildman–Crippen LogP) is 0.550. The molecule has 0 aliphatic carbocycles. The molecule has 1 aromatic rings. The smallest absolute Gasteiger partial charge is 0.243 e. The van der Waals surface area contributed by atoms with E-state index in [-0.39, 0.29) is 48.6 Å². The zero-order valence-electron chi connectivity index (χ0n) is 18.1. The number of ether oxygens (including phenoxy) is 2. The fourth-order valence-electron chi connectivity index (χ4n) is 3.48. The minimum Gasteiger partial charge on any atom is -0.377 e. The summed E-state index contributed by atoms with van der Waals surface area (Å²) in [4.78, 5) is 22.5. The van der Waals surface area contributed by atoms with Crippen LogP contribution in [0.15, 0.2) is 4.99 Å². The van der Waals surface area contributed by atoms with Crippen molar-refractivity contribution in [3.05, 3.63) is 11.6 Å². The van der Waals surface area contributed by atoms with Crippen molar-refractivity contribution in [3.63, 3.8) is 0 Å². The molecule has 1 fully saturated rings. The van der Waals surface area contributed by atoms with Gasteiger partial charge in [0.1, 0.15) is 19.0 Å². The highest BCUT2D eigenvalue weighted by Gasteiger charge is 2.23. The molecule has 3 rings (SSSR count). The molecular formula is C19H34IN7O3. The van der Waals surface area contributed by atoms with E-state index in [0.717, 1.165) is 38.1 Å². The minimum atomic E-state index is -0.0357. The maximum atomic E-state index is 12.0. The molecule has 0 bridgehead atoms. The highest BCUT2D eigenvalue weighted by atomic mass is 127. The molecule has 170 valence electrons. The van der Waals surface area contributed by atoms with Gasteiger partial charge in [-0.25, -0.2) is 14.7 Å². The van der Waals surface area contributed by atoms with E-state index < -0.39 is 0 Å². The van der Waals surface area contributed by atoms with Gasteiger partial charge >= 0.3 is 0 Å². The van der Waals surface area contributed by atoms with Crippen LogP contribution in [0.25, 0.3) is 0 Å². The summed E-state index contributed by atoms with van der Waals surface area (Å²) in [6, 6.07) is 0.160. The van der Waals surface area contributed by atoms with Crippen molar-refractivity contribution in [2.45, 2.75) is 57.4 Å². The average molecular weight is 535 g/mol. The van der Waals surface area contributed by atoms with Crippen molar-refractivity contribution in [1.29, 1.82) is 0 Å². The molecule has 10 nitrogen and oxygen atoms in total. The Balaban J connectivity index is 0.00000320. The average Bonchev–Trinajstić information content (AvgIpc) is 3.12. The molecule has 0 saturated carbocycles. The summed E-state index contributed by atoms with van der Waals surface area (Å²) >= 11 is 0. The summed E-state index contributed by atoms with van der Waals surface area (Å²) in [5.41, 5.74) is 0. The van der Waals surface area contributed by atoms with Gasteiger partial charge in [0.25, 0.3) is 0 Å². The number of aromatic nitrogens is 3. The van der Waals surface area contributed by atoms with Crippen LogP contribution < -0.4 is 10.6 Å². The number of hydrogen-bond acceptors (Lipinski definition) is 6. The largest absolute Gasteiger partial charge is 0.377 e. The van der Waals surface area contributed by atoms with Crippen molar-refractivity contribution in [2.24, 2.45) is 4.99 Å². The Morgan fingerprint density at radius 1 is 1.37 bits per heavy atom. The van der Waals surface area contributed by atoms with E-state index >= 15 is 0 Å². The third kappa shape index (κ3) is 7.34. The fraction of sp³-hybridized carbons (Fsp3) is 0.789. The quantitative estimate of drug-likeness (QED) is 0.299. The van der Waals surface area contributed by atoms with Crippen LogP contribution >= 0.6 is 24.0 Å². The Morgan fingerprint density at radius 3 is 2.90 bits per heavy atom. The van der Waals surface area contributed by atoms with Crippen molar-refractivity contribution in [2.75, 3.05) is 40.9 Å². The number of nitrogens with zero attached hydrogens (tertiary/aromatic N) is 5. The molecule has 0 aromatic carbocycles. The van der Waals surface area contributed by atoms with Gasteiger partial charge in [-0.2, -0.15) is 5.10 Å². The molecule has 1 aromatic heterocycles.